The fourth-order valence-corrected chi connectivity index (χ4v) is 3.12. The molecule has 0 saturated carbocycles. The molecule has 0 fully saturated rings. The van der Waals surface area contributed by atoms with E-state index in [9.17, 15) is 19.2 Å². The van der Waals surface area contributed by atoms with E-state index in [1.54, 1.807) is 12.1 Å². The van der Waals surface area contributed by atoms with Crippen LogP contribution < -0.4 is 10.5 Å². The maximum Gasteiger partial charge on any atom is 0.351 e. The van der Waals surface area contributed by atoms with E-state index in [0.29, 0.717) is 23.8 Å². The van der Waals surface area contributed by atoms with Gasteiger partial charge < -0.3 is 23.9 Å². The van der Waals surface area contributed by atoms with Crippen molar-refractivity contribution in [1.82, 2.24) is 0 Å². The monoisotopic (exact) mass is 447 g/mol. The van der Waals surface area contributed by atoms with Gasteiger partial charge in [-0.2, -0.15) is 0 Å². The normalized spacial score (nSPS) is 10.7. The Labute approximate surface area is 185 Å². The van der Waals surface area contributed by atoms with Gasteiger partial charge in [-0.3, -0.25) is 9.59 Å². The van der Waals surface area contributed by atoms with Gasteiger partial charge in [0.1, 0.15) is 11.1 Å². The molecule has 9 nitrogen and oxygen atoms in total. The number of rotatable bonds is 13. The van der Waals surface area contributed by atoms with E-state index in [1.807, 2.05) is 19.9 Å². The predicted octanol–water partition coefficient (Wildman–Crippen LogP) is 3.37. The molecule has 0 radical (unpaired) electrons. The highest BCUT2D eigenvalue weighted by Crippen LogP contribution is 2.22. The number of carboxylic acid groups (broad SMARTS) is 1. The third kappa shape index (κ3) is 7.40. The van der Waals surface area contributed by atoms with Crippen LogP contribution in [0.2, 0.25) is 0 Å². The average Bonchev–Trinajstić information content (AvgIpc) is 2.76. The lowest BCUT2D eigenvalue weighted by atomic mass is 10.1. The van der Waals surface area contributed by atoms with Gasteiger partial charge in [-0.1, -0.05) is 0 Å². The molecule has 0 aliphatic heterocycles. The summed E-state index contributed by atoms with van der Waals surface area (Å²) in [6.45, 7) is 5.93. The summed E-state index contributed by atoms with van der Waals surface area (Å²) in [6, 6.07) is 6.96. The highest BCUT2D eigenvalue weighted by molar-refractivity contribution is 5.93. The molecule has 9 heteroatoms. The molecule has 1 aromatic heterocycles. The number of ether oxygens (including phenoxy) is 2. The number of nitrogens with zero attached hydrogens (tertiary/aromatic N) is 1. The lowest BCUT2D eigenvalue weighted by Gasteiger charge is -2.20. The van der Waals surface area contributed by atoms with E-state index < -0.39 is 23.5 Å². The SMILES string of the molecule is CCN(CC)c1ccc2cc(C(=O)OCCCCOC(=O)CCCC(=O)O)c(=O)oc2c1. The third-order valence-corrected chi connectivity index (χ3v) is 4.87. The van der Waals surface area contributed by atoms with E-state index in [1.165, 1.54) is 6.07 Å². The lowest BCUT2D eigenvalue weighted by Crippen LogP contribution is -2.21. The van der Waals surface area contributed by atoms with Gasteiger partial charge in [0, 0.05) is 43.1 Å². The summed E-state index contributed by atoms with van der Waals surface area (Å²) in [5.41, 5.74) is 0.414. The van der Waals surface area contributed by atoms with Crippen LogP contribution in [0.25, 0.3) is 11.0 Å². The fraction of sp³-hybridized carbons (Fsp3) is 0.478. The number of fused-ring (bicyclic) bond motifs is 1. The Bertz CT molecular complexity index is 993. The highest BCUT2D eigenvalue weighted by Gasteiger charge is 2.16. The Morgan fingerprint density at radius 2 is 1.66 bits per heavy atom. The Kier molecular flexibility index (Phi) is 9.72. The van der Waals surface area contributed by atoms with Crippen molar-refractivity contribution in [3.8, 4) is 0 Å². The smallest absolute Gasteiger partial charge is 0.351 e. The van der Waals surface area contributed by atoms with Crippen molar-refractivity contribution in [1.29, 1.82) is 0 Å². The summed E-state index contributed by atoms with van der Waals surface area (Å²) >= 11 is 0. The van der Waals surface area contributed by atoms with Gasteiger partial charge in [-0.25, -0.2) is 9.59 Å². The first-order valence-electron chi connectivity index (χ1n) is 10.7. The zero-order valence-electron chi connectivity index (χ0n) is 18.4. The molecule has 2 aromatic rings. The second-order valence-corrected chi connectivity index (χ2v) is 7.15. The van der Waals surface area contributed by atoms with Crippen LogP contribution in [-0.2, 0) is 19.1 Å². The molecular weight excluding hydrogens is 418 g/mol. The molecule has 0 aliphatic carbocycles. The summed E-state index contributed by atoms with van der Waals surface area (Å²) in [7, 11) is 0. The molecule has 2 rings (SSSR count). The second-order valence-electron chi connectivity index (χ2n) is 7.15. The number of hydrogen-bond acceptors (Lipinski definition) is 8. The molecule has 0 spiro atoms. The molecule has 32 heavy (non-hydrogen) atoms. The number of carbonyl (C=O) groups is 3. The Balaban J connectivity index is 1.82. The minimum Gasteiger partial charge on any atom is -0.481 e. The van der Waals surface area contributed by atoms with E-state index in [2.05, 4.69) is 4.90 Å². The number of benzene rings is 1. The average molecular weight is 447 g/mol. The molecule has 1 heterocycles. The van der Waals surface area contributed by atoms with E-state index in [4.69, 9.17) is 19.0 Å². The molecule has 0 atom stereocenters. The molecule has 1 aromatic carbocycles. The maximum atomic E-state index is 12.3. The summed E-state index contributed by atoms with van der Waals surface area (Å²) in [6.07, 6.45) is 1.12. The van der Waals surface area contributed by atoms with Crippen molar-refractivity contribution in [3.63, 3.8) is 0 Å². The molecule has 0 saturated heterocycles. The number of unbranched alkanes of at least 4 members (excludes halogenated alkanes) is 1. The molecule has 1 N–H and O–H groups in total. The maximum absolute atomic E-state index is 12.3. The first-order valence-corrected chi connectivity index (χ1v) is 10.7. The van der Waals surface area contributed by atoms with Crippen LogP contribution in [0, 0.1) is 0 Å². The number of anilines is 1. The predicted molar refractivity (Wildman–Crippen MR) is 118 cm³/mol. The Morgan fingerprint density at radius 1 is 0.969 bits per heavy atom. The van der Waals surface area contributed by atoms with Crippen LogP contribution in [0.3, 0.4) is 0 Å². The van der Waals surface area contributed by atoms with Gasteiger partial charge in [-0.15, -0.1) is 0 Å². The van der Waals surface area contributed by atoms with Crippen molar-refractivity contribution < 1.29 is 33.4 Å². The van der Waals surface area contributed by atoms with Crippen LogP contribution in [0.15, 0.2) is 33.5 Å². The number of carbonyl (C=O) groups excluding carboxylic acids is 2. The van der Waals surface area contributed by atoms with Crippen LogP contribution in [-0.4, -0.2) is 49.3 Å². The van der Waals surface area contributed by atoms with Crippen molar-refractivity contribution in [2.24, 2.45) is 0 Å². The molecule has 174 valence electrons. The molecule has 0 bridgehead atoms. The highest BCUT2D eigenvalue weighted by atomic mass is 16.5. The largest absolute Gasteiger partial charge is 0.481 e. The minimum atomic E-state index is -0.954. The minimum absolute atomic E-state index is 0.0510. The van der Waals surface area contributed by atoms with Gasteiger partial charge in [0.05, 0.1) is 13.2 Å². The topological polar surface area (TPSA) is 123 Å². The molecular formula is C23H29NO8. The number of aliphatic carboxylic acids is 1. The van der Waals surface area contributed by atoms with Crippen molar-refractivity contribution in [2.45, 2.75) is 46.0 Å². The van der Waals surface area contributed by atoms with Crippen molar-refractivity contribution in [2.75, 3.05) is 31.2 Å². The Morgan fingerprint density at radius 3 is 2.31 bits per heavy atom. The standard InChI is InChI=1S/C23H29NO8/c1-3-24(4-2)17-11-10-16-14-18(23(29)32-19(16)15-17)22(28)31-13-6-5-12-30-21(27)9-7-8-20(25)26/h10-11,14-15H,3-9,12-13H2,1-2H3,(H,25,26). The number of carboxylic acids is 1. The summed E-state index contributed by atoms with van der Waals surface area (Å²) < 4.78 is 15.5. The van der Waals surface area contributed by atoms with E-state index >= 15 is 0 Å². The lowest BCUT2D eigenvalue weighted by molar-refractivity contribution is -0.144. The van der Waals surface area contributed by atoms with E-state index in [-0.39, 0.29) is 38.0 Å². The van der Waals surface area contributed by atoms with E-state index in [0.717, 1.165) is 18.8 Å². The molecule has 0 unspecified atom stereocenters. The summed E-state index contributed by atoms with van der Waals surface area (Å²) in [5.74, 6) is -2.18. The first kappa shape index (κ1) is 24.9. The molecule has 0 aliphatic rings. The first-order chi connectivity index (χ1) is 15.3. The molecule has 0 amide bonds. The van der Waals surface area contributed by atoms with Crippen LogP contribution in [0.5, 0.6) is 0 Å². The van der Waals surface area contributed by atoms with Gasteiger partial charge in [0.15, 0.2) is 0 Å². The van der Waals surface area contributed by atoms with Crippen molar-refractivity contribution in [3.05, 3.63) is 40.2 Å². The summed E-state index contributed by atoms with van der Waals surface area (Å²) in [4.78, 5) is 48.5. The Hall–Kier alpha value is -3.36. The van der Waals surface area contributed by atoms with Crippen molar-refractivity contribution >= 4 is 34.6 Å². The van der Waals surface area contributed by atoms with Crippen LogP contribution in [0.1, 0.15) is 56.3 Å². The van der Waals surface area contributed by atoms with Gasteiger partial charge in [-0.05, 0) is 51.3 Å². The number of esters is 2. The number of hydrogen-bond donors (Lipinski definition) is 1. The van der Waals surface area contributed by atoms with Gasteiger partial charge in [0.25, 0.3) is 0 Å². The van der Waals surface area contributed by atoms with Crippen LogP contribution in [0.4, 0.5) is 5.69 Å². The fourth-order valence-electron chi connectivity index (χ4n) is 3.12. The zero-order valence-corrected chi connectivity index (χ0v) is 18.4. The summed E-state index contributed by atoms with van der Waals surface area (Å²) in [5, 5.41) is 9.15. The quantitative estimate of drug-likeness (QED) is 0.279. The van der Waals surface area contributed by atoms with Crippen LogP contribution >= 0.6 is 0 Å². The third-order valence-electron chi connectivity index (χ3n) is 4.87. The second kappa shape index (κ2) is 12.5. The van der Waals surface area contributed by atoms with Gasteiger partial charge >= 0.3 is 23.5 Å². The zero-order chi connectivity index (χ0) is 23.5. The van der Waals surface area contributed by atoms with Gasteiger partial charge in [0.2, 0.25) is 0 Å².